The van der Waals surface area contributed by atoms with Gasteiger partial charge >= 0.3 is 0 Å². The van der Waals surface area contributed by atoms with Crippen molar-refractivity contribution in [2.45, 2.75) is 45.3 Å². The van der Waals surface area contributed by atoms with Gasteiger partial charge in [-0.3, -0.25) is 4.84 Å². The van der Waals surface area contributed by atoms with Crippen LogP contribution >= 0.6 is 0 Å². The highest BCUT2D eigenvalue weighted by molar-refractivity contribution is 5.13. The van der Waals surface area contributed by atoms with Crippen molar-refractivity contribution in [1.82, 2.24) is 5.48 Å². The summed E-state index contributed by atoms with van der Waals surface area (Å²) in [6.45, 7) is 2.94. The van der Waals surface area contributed by atoms with Crippen molar-refractivity contribution < 1.29 is 4.84 Å². The number of nitrogens with one attached hydrogen (secondary N) is 1. The highest BCUT2D eigenvalue weighted by atomic mass is 16.6. The summed E-state index contributed by atoms with van der Waals surface area (Å²) in [7, 11) is 0. The van der Waals surface area contributed by atoms with E-state index < -0.39 is 0 Å². The Balaban J connectivity index is 1.65. The zero-order chi connectivity index (χ0) is 11.2. The first-order chi connectivity index (χ1) is 7.88. The van der Waals surface area contributed by atoms with Crippen LogP contribution in [0.2, 0.25) is 0 Å². The molecular weight excluding hydrogens is 198 g/mol. The zero-order valence-corrected chi connectivity index (χ0v) is 9.99. The Labute approximate surface area is 98.0 Å². The number of rotatable bonds is 5. The van der Waals surface area contributed by atoms with Crippen LogP contribution in [0.3, 0.4) is 0 Å². The van der Waals surface area contributed by atoms with Gasteiger partial charge < -0.3 is 0 Å². The van der Waals surface area contributed by atoms with Crippen LogP contribution in [0.4, 0.5) is 0 Å². The number of hydrogen-bond donors (Lipinski definition) is 1. The number of hydroxylamine groups is 1. The lowest BCUT2D eigenvalue weighted by Gasteiger charge is -2.12. The Hall–Kier alpha value is -0.860. The van der Waals surface area contributed by atoms with E-state index in [0.29, 0.717) is 12.6 Å². The quantitative estimate of drug-likeness (QED) is 0.767. The third-order valence-electron chi connectivity index (χ3n) is 3.45. The van der Waals surface area contributed by atoms with Gasteiger partial charge in [0.05, 0.1) is 6.61 Å². The zero-order valence-electron chi connectivity index (χ0n) is 9.99. The van der Waals surface area contributed by atoms with Gasteiger partial charge in [0, 0.05) is 6.04 Å². The third-order valence-corrected chi connectivity index (χ3v) is 3.45. The Kier molecular flexibility index (Phi) is 4.37. The lowest BCUT2D eigenvalue weighted by Crippen LogP contribution is -2.26. The van der Waals surface area contributed by atoms with Crippen LogP contribution in [0, 0.1) is 5.92 Å². The predicted molar refractivity (Wildman–Crippen MR) is 65.8 cm³/mol. The Morgan fingerprint density at radius 2 is 2.06 bits per heavy atom. The predicted octanol–water partition coefficient (Wildman–Crippen LogP) is 3.29. The maximum absolute atomic E-state index is 5.55. The molecule has 0 amide bonds. The van der Waals surface area contributed by atoms with E-state index in [4.69, 9.17) is 4.84 Å². The summed E-state index contributed by atoms with van der Waals surface area (Å²) in [6, 6.07) is 10.9. The van der Waals surface area contributed by atoms with Gasteiger partial charge in [-0.15, -0.1) is 0 Å². The van der Waals surface area contributed by atoms with Gasteiger partial charge in [0.1, 0.15) is 0 Å². The third kappa shape index (κ3) is 3.32. The molecule has 1 fully saturated rings. The van der Waals surface area contributed by atoms with Gasteiger partial charge in [-0.2, -0.15) is 5.48 Å². The van der Waals surface area contributed by atoms with E-state index in [1.807, 2.05) is 18.2 Å². The van der Waals surface area contributed by atoms with Crippen LogP contribution in [0.1, 0.15) is 38.2 Å². The first kappa shape index (κ1) is 11.6. The molecule has 1 aliphatic rings. The average Bonchev–Trinajstić information content (AvgIpc) is 2.78. The van der Waals surface area contributed by atoms with Gasteiger partial charge in [0.15, 0.2) is 0 Å². The minimum Gasteiger partial charge on any atom is -0.297 e. The smallest absolute Gasteiger partial charge is 0.0933 e. The van der Waals surface area contributed by atoms with Crippen molar-refractivity contribution >= 4 is 0 Å². The van der Waals surface area contributed by atoms with Crippen molar-refractivity contribution in [3.63, 3.8) is 0 Å². The number of benzene rings is 1. The summed E-state index contributed by atoms with van der Waals surface area (Å²) in [5.74, 6) is 0.901. The monoisotopic (exact) mass is 219 g/mol. The van der Waals surface area contributed by atoms with Crippen molar-refractivity contribution in [3.05, 3.63) is 35.9 Å². The highest BCUT2D eigenvalue weighted by Gasteiger charge is 2.22. The molecule has 2 nitrogen and oxygen atoms in total. The molecule has 2 atom stereocenters. The Morgan fingerprint density at radius 1 is 1.25 bits per heavy atom. The van der Waals surface area contributed by atoms with E-state index in [2.05, 4.69) is 24.5 Å². The molecule has 16 heavy (non-hydrogen) atoms. The molecule has 0 bridgehead atoms. The van der Waals surface area contributed by atoms with E-state index in [1.54, 1.807) is 0 Å². The normalized spacial score (nSPS) is 24.8. The molecule has 0 spiro atoms. The van der Waals surface area contributed by atoms with Crippen LogP contribution in [0.25, 0.3) is 0 Å². The fourth-order valence-electron chi connectivity index (χ4n) is 2.37. The van der Waals surface area contributed by atoms with Crippen LogP contribution in [0.15, 0.2) is 30.3 Å². The standard InChI is InChI=1S/C14H21NO/c1-2-12-8-9-14(10-12)15-16-11-13-6-4-3-5-7-13/h3-7,12,14-15H,2,8-11H2,1H3. The molecule has 0 aromatic heterocycles. The summed E-state index contributed by atoms with van der Waals surface area (Å²) in [5.41, 5.74) is 4.42. The molecule has 1 aliphatic carbocycles. The summed E-state index contributed by atoms with van der Waals surface area (Å²) in [5, 5.41) is 0. The molecule has 1 aromatic carbocycles. The lowest BCUT2D eigenvalue weighted by molar-refractivity contribution is 0.00422. The van der Waals surface area contributed by atoms with E-state index in [1.165, 1.54) is 31.2 Å². The van der Waals surface area contributed by atoms with Crippen molar-refractivity contribution in [2.24, 2.45) is 5.92 Å². The van der Waals surface area contributed by atoms with Gasteiger partial charge in [0.2, 0.25) is 0 Å². The van der Waals surface area contributed by atoms with Gasteiger partial charge in [0.25, 0.3) is 0 Å². The molecular formula is C14H21NO. The second kappa shape index (κ2) is 6.02. The first-order valence-electron chi connectivity index (χ1n) is 6.29. The van der Waals surface area contributed by atoms with Gasteiger partial charge in [-0.25, -0.2) is 0 Å². The number of hydrogen-bond acceptors (Lipinski definition) is 2. The topological polar surface area (TPSA) is 21.3 Å². The molecule has 1 N–H and O–H groups in total. The van der Waals surface area contributed by atoms with E-state index in [9.17, 15) is 0 Å². The summed E-state index contributed by atoms with van der Waals surface area (Å²) >= 11 is 0. The maximum atomic E-state index is 5.55. The Morgan fingerprint density at radius 3 is 2.75 bits per heavy atom. The minimum atomic E-state index is 0.564. The maximum Gasteiger partial charge on any atom is 0.0933 e. The molecule has 0 heterocycles. The van der Waals surface area contributed by atoms with Gasteiger partial charge in [-0.1, -0.05) is 43.7 Å². The summed E-state index contributed by atoms with van der Waals surface area (Å²) in [6.07, 6.45) is 5.18. The molecule has 0 saturated heterocycles. The fraction of sp³-hybridized carbons (Fsp3) is 0.571. The molecule has 2 unspecified atom stereocenters. The van der Waals surface area contributed by atoms with Gasteiger partial charge in [-0.05, 0) is 30.7 Å². The molecule has 1 aromatic rings. The first-order valence-corrected chi connectivity index (χ1v) is 6.29. The van der Waals surface area contributed by atoms with Crippen LogP contribution in [-0.4, -0.2) is 6.04 Å². The largest absolute Gasteiger partial charge is 0.297 e. The second-order valence-electron chi connectivity index (χ2n) is 4.68. The SMILES string of the molecule is CCC1CCC(NOCc2ccccc2)C1. The van der Waals surface area contributed by atoms with E-state index in [0.717, 1.165) is 5.92 Å². The molecule has 88 valence electrons. The van der Waals surface area contributed by atoms with E-state index in [-0.39, 0.29) is 0 Å². The van der Waals surface area contributed by atoms with Crippen LogP contribution in [0.5, 0.6) is 0 Å². The van der Waals surface area contributed by atoms with Crippen LogP contribution in [-0.2, 0) is 11.4 Å². The summed E-state index contributed by atoms with van der Waals surface area (Å²) in [4.78, 5) is 5.55. The van der Waals surface area contributed by atoms with E-state index >= 15 is 0 Å². The molecule has 0 aliphatic heterocycles. The second-order valence-corrected chi connectivity index (χ2v) is 4.68. The average molecular weight is 219 g/mol. The molecule has 0 radical (unpaired) electrons. The van der Waals surface area contributed by atoms with Crippen molar-refractivity contribution in [2.75, 3.05) is 0 Å². The fourth-order valence-corrected chi connectivity index (χ4v) is 2.37. The molecule has 1 saturated carbocycles. The lowest BCUT2D eigenvalue weighted by atomic mass is 10.1. The molecule has 2 heteroatoms. The highest BCUT2D eigenvalue weighted by Crippen LogP contribution is 2.27. The van der Waals surface area contributed by atoms with Crippen molar-refractivity contribution in [1.29, 1.82) is 0 Å². The summed E-state index contributed by atoms with van der Waals surface area (Å²) < 4.78 is 0. The molecule has 2 rings (SSSR count). The Bertz CT molecular complexity index is 299. The van der Waals surface area contributed by atoms with Crippen molar-refractivity contribution in [3.8, 4) is 0 Å². The minimum absolute atomic E-state index is 0.564. The van der Waals surface area contributed by atoms with Crippen LogP contribution < -0.4 is 5.48 Å².